The molecule has 0 fully saturated rings. The Morgan fingerprint density at radius 2 is 2.12 bits per heavy atom. The molecule has 0 bridgehead atoms. The number of aliphatic hydroxyl groups is 1. The average molecular weight is 258 g/mol. The zero-order valence-electron chi connectivity index (χ0n) is 8.95. The zero-order chi connectivity index (χ0) is 12.1. The van der Waals surface area contributed by atoms with Crippen LogP contribution in [0.2, 0.25) is 10.0 Å². The summed E-state index contributed by atoms with van der Waals surface area (Å²) < 4.78 is 0. The van der Waals surface area contributed by atoms with Crippen molar-refractivity contribution in [2.75, 3.05) is 0 Å². The van der Waals surface area contributed by atoms with E-state index in [0.717, 1.165) is 6.42 Å². The summed E-state index contributed by atoms with van der Waals surface area (Å²) in [7, 11) is 0. The van der Waals surface area contributed by atoms with Crippen LogP contribution in [0.15, 0.2) is 18.2 Å². The molecular formula is C12H13Cl2NO. The molecule has 0 aromatic heterocycles. The van der Waals surface area contributed by atoms with E-state index in [2.05, 4.69) is 6.07 Å². The van der Waals surface area contributed by atoms with Gasteiger partial charge in [0.2, 0.25) is 0 Å². The Morgan fingerprint density at radius 3 is 2.69 bits per heavy atom. The van der Waals surface area contributed by atoms with E-state index in [4.69, 9.17) is 28.5 Å². The van der Waals surface area contributed by atoms with Crippen LogP contribution in [0.3, 0.4) is 0 Å². The lowest BCUT2D eigenvalue weighted by atomic mass is 9.93. The highest BCUT2D eigenvalue weighted by atomic mass is 35.5. The van der Waals surface area contributed by atoms with E-state index in [1.54, 1.807) is 18.2 Å². The molecule has 0 spiro atoms. The van der Waals surface area contributed by atoms with Gasteiger partial charge in [-0.05, 0) is 12.5 Å². The van der Waals surface area contributed by atoms with Crippen LogP contribution >= 0.6 is 23.2 Å². The molecule has 1 aromatic carbocycles. The van der Waals surface area contributed by atoms with Crippen LogP contribution in [-0.4, -0.2) is 5.11 Å². The van der Waals surface area contributed by atoms with Crippen LogP contribution in [0.25, 0.3) is 0 Å². The Hall–Kier alpha value is -0.750. The summed E-state index contributed by atoms with van der Waals surface area (Å²) in [6.07, 6.45) is 0.602. The van der Waals surface area contributed by atoms with Crippen molar-refractivity contribution in [2.45, 2.75) is 25.9 Å². The molecule has 0 aliphatic rings. The first-order valence-electron chi connectivity index (χ1n) is 5.13. The van der Waals surface area contributed by atoms with Crippen molar-refractivity contribution in [3.8, 4) is 6.07 Å². The normalized spacial score (nSPS) is 14.2. The topological polar surface area (TPSA) is 44.0 Å². The van der Waals surface area contributed by atoms with Gasteiger partial charge in [-0.1, -0.05) is 48.7 Å². The van der Waals surface area contributed by atoms with Gasteiger partial charge >= 0.3 is 0 Å². The third kappa shape index (κ3) is 2.89. The van der Waals surface area contributed by atoms with Crippen molar-refractivity contribution < 1.29 is 5.11 Å². The second-order valence-corrected chi connectivity index (χ2v) is 4.40. The van der Waals surface area contributed by atoms with Gasteiger partial charge in [0.25, 0.3) is 0 Å². The van der Waals surface area contributed by atoms with Gasteiger partial charge in [-0.25, -0.2) is 0 Å². The Balaban J connectivity index is 3.00. The second kappa shape index (κ2) is 6.10. The van der Waals surface area contributed by atoms with Gasteiger partial charge in [-0.2, -0.15) is 5.26 Å². The Labute approximate surface area is 105 Å². The molecule has 4 heteroatoms. The van der Waals surface area contributed by atoms with Gasteiger partial charge in [0.1, 0.15) is 0 Å². The molecule has 2 unspecified atom stereocenters. The summed E-state index contributed by atoms with van der Waals surface area (Å²) in [5.74, 6) is -0.444. The molecule has 0 saturated heterocycles. The summed E-state index contributed by atoms with van der Waals surface area (Å²) in [5.41, 5.74) is 0.522. The number of halogens is 2. The minimum Gasteiger partial charge on any atom is -0.387 e. The lowest BCUT2D eigenvalue weighted by molar-refractivity contribution is 0.130. The van der Waals surface area contributed by atoms with Crippen molar-refractivity contribution >= 4 is 23.2 Å². The van der Waals surface area contributed by atoms with Crippen LogP contribution in [0, 0.1) is 17.2 Å². The first-order valence-corrected chi connectivity index (χ1v) is 5.89. The lowest BCUT2D eigenvalue weighted by Gasteiger charge is -2.17. The predicted octanol–water partition coefficient (Wildman–Crippen LogP) is 3.97. The van der Waals surface area contributed by atoms with Crippen molar-refractivity contribution in [3.63, 3.8) is 0 Å². The lowest BCUT2D eigenvalue weighted by Crippen LogP contribution is -2.11. The first-order chi connectivity index (χ1) is 7.61. The molecule has 0 saturated carbocycles. The highest BCUT2D eigenvalue weighted by molar-refractivity contribution is 6.42. The highest BCUT2D eigenvalue weighted by Gasteiger charge is 2.22. The number of nitrogens with zero attached hydrogens (tertiary/aromatic N) is 1. The van der Waals surface area contributed by atoms with Gasteiger partial charge in [-0.3, -0.25) is 0 Å². The van der Waals surface area contributed by atoms with E-state index >= 15 is 0 Å². The van der Waals surface area contributed by atoms with Crippen molar-refractivity contribution in [2.24, 2.45) is 5.92 Å². The predicted molar refractivity (Wildman–Crippen MR) is 65.4 cm³/mol. The van der Waals surface area contributed by atoms with Gasteiger partial charge in [0.15, 0.2) is 0 Å². The Kier molecular flexibility index (Phi) is 5.08. The van der Waals surface area contributed by atoms with E-state index in [-0.39, 0.29) is 0 Å². The molecule has 0 aliphatic heterocycles. The van der Waals surface area contributed by atoms with E-state index in [0.29, 0.717) is 22.0 Å². The van der Waals surface area contributed by atoms with E-state index < -0.39 is 12.0 Å². The van der Waals surface area contributed by atoms with E-state index in [9.17, 15) is 5.11 Å². The Bertz CT molecular complexity index is 400. The maximum absolute atomic E-state index is 10.1. The SMILES string of the molecule is CCCC(C#N)C(O)c1cccc(Cl)c1Cl. The third-order valence-electron chi connectivity index (χ3n) is 2.45. The molecule has 0 heterocycles. The number of hydrogen-bond acceptors (Lipinski definition) is 2. The summed E-state index contributed by atoms with van der Waals surface area (Å²) >= 11 is 11.8. The maximum atomic E-state index is 10.1. The molecule has 2 nitrogen and oxygen atoms in total. The third-order valence-corrected chi connectivity index (χ3v) is 3.28. The minimum absolute atomic E-state index is 0.327. The van der Waals surface area contributed by atoms with Gasteiger partial charge < -0.3 is 5.11 Å². The quantitative estimate of drug-likeness (QED) is 0.888. The van der Waals surface area contributed by atoms with Crippen molar-refractivity contribution in [3.05, 3.63) is 33.8 Å². The largest absolute Gasteiger partial charge is 0.387 e. The minimum atomic E-state index is -0.879. The van der Waals surface area contributed by atoms with Gasteiger partial charge in [0, 0.05) is 5.56 Å². The Morgan fingerprint density at radius 1 is 1.44 bits per heavy atom. The first kappa shape index (κ1) is 13.3. The molecule has 86 valence electrons. The maximum Gasteiger partial charge on any atom is 0.0963 e. The fourth-order valence-corrected chi connectivity index (χ4v) is 1.99. The zero-order valence-corrected chi connectivity index (χ0v) is 10.5. The summed E-state index contributed by atoms with van der Waals surface area (Å²) in [6, 6.07) is 7.16. The average Bonchev–Trinajstić information content (AvgIpc) is 2.29. The second-order valence-electron chi connectivity index (χ2n) is 3.61. The van der Waals surface area contributed by atoms with Crippen LogP contribution in [0.4, 0.5) is 0 Å². The van der Waals surface area contributed by atoms with Crippen LogP contribution in [0.1, 0.15) is 31.4 Å². The molecular weight excluding hydrogens is 245 g/mol. The molecule has 0 amide bonds. The number of aliphatic hydroxyl groups excluding tert-OH is 1. The summed E-state index contributed by atoms with van der Waals surface area (Å²) in [6.45, 7) is 1.97. The summed E-state index contributed by atoms with van der Waals surface area (Å²) in [4.78, 5) is 0. The highest BCUT2D eigenvalue weighted by Crippen LogP contribution is 2.34. The molecule has 1 N–H and O–H groups in total. The molecule has 0 aliphatic carbocycles. The van der Waals surface area contributed by atoms with E-state index in [1.807, 2.05) is 6.92 Å². The summed E-state index contributed by atoms with van der Waals surface area (Å²) in [5, 5.41) is 19.7. The number of hydrogen-bond donors (Lipinski definition) is 1. The number of rotatable bonds is 4. The smallest absolute Gasteiger partial charge is 0.0963 e. The molecule has 1 rings (SSSR count). The molecule has 0 radical (unpaired) electrons. The van der Waals surface area contributed by atoms with Crippen LogP contribution in [0.5, 0.6) is 0 Å². The van der Waals surface area contributed by atoms with Gasteiger partial charge in [-0.15, -0.1) is 0 Å². The molecule has 2 atom stereocenters. The monoisotopic (exact) mass is 257 g/mol. The fraction of sp³-hybridized carbons (Fsp3) is 0.417. The molecule has 16 heavy (non-hydrogen) atoms. The standard InChI is InChI=1S/C12H13Cl2NO/c1-2-4-8(7-15)12(16)9-5-3-6-10(13)11(9)14/h3,5-6,8,12,16H,2,4H2,1H3. The van der Waals surface area contributed by atoms with E-state index in [1.165, 1.54) is 0 Å². The van der Waals surface area contributed by atoms with Crippen molar-refractivity contribution in [1.82, 2.24) is 0 Å². The fourth-order valence-electron chi connectivity index (χ4n) is 1.57. The van der Waals surface area contributed by atoms with Crippen molar-refractivity contribution in [1.29, 1.82) is 5.26 Å². The molecule has 1 aromatic rings. The van der Waals surface area contributed by atoms with Gasteiger partial charge in [0.05, 0.1) is 28.1 Å². The number of benzene rings is 1. The van der Waals surface area contributed by atoms with Crippen LogP contribution < -0.4 is 0 Å². The number of nitriles is 1. The van der Waals surface area contributed by atoms with Crippen LogP contribution in [-0.2, 0) is 0 Å².